The summed E-state index contributed by atoms with van der Waals surface area (Å²) in [6.07, 6.45) is 0.113. The highest BCUT2D eigenvalue weighted by atomic mass is 16.5. The summed E-state index contributed by atoms with van der Waals surface area (Å²) in [4.78, 5) is 23.0. The largest absolute Gasteiger partial charge is 0.469 e. The molecule has 2 atom stereocenters. The Hall–Kier alpha value is -1.88. The van der Waals surface area contributed by atoms with Crippen molar-refractivity contribution in [3.05, 3.63) is 29.8 Å². The van der Waals surface area contributed by atoms with E-state index >= 15 is 0 Å². The van der Waals surface area contributed by atoms with Crippen LogP contribution >= 0.6 is 0 Å². The molecule has 2 rings (SSSR count). The van der Waals surface area contributed by atoms with Crippen LogP contribution in [0.3, 0.4) is 0 Å². The summed E-state index contributed by atoms with van der Waals surface area (Å²) < 4.78 is 4.63. The first-order chi connectivity index (χ1) is 8.13. The second-order valence-electron chi connectivity index (χ2n) is 3.99. The molecule has 1 aliphatic rings. The van der Waals surface area contributed by atoms with Crippen molar-refractivity contribution in [3.8, 4) is 0 Å². The SMILES string of the molecule is COC(=O)C[C@@H]1c2ccccc2NC(=O)[C@H]1N. The molecule has 0 saturated heterocycles. The number of methoxy groups -OCH3 is 1. The molecule has 0 aromatic heterocycles. The molecule has 0 unspecified atom stereocenters. The quantitative estimate of drug-likeness (QED) is 0.735. The molecule has 1 aliphatic heterocycles. The van der Waals surface area contributed by atoms with Gasteiger partial charge in [0.15, 0.2) is 0 Å². The molecule has 17 heavy (non-hydrogen) atoms. The van der Waals surface area contributed by atoms with Crippen molar-refractivity contribution in [1.29, 1.82) is 0 Å². The molecule has 5 heteroatoms. The number of amides is 1. The van der Waals surface area contributed by atoms with Crippen LogP contribution in [0.25, 0.3) is 0 Å². The van der Waals surface area contributed by atoms with Crippen LogP contribution in [-0.4, -0.2) is 25.0 Å². The molecule has 1 aromatic rings. The molecule has 0 saturated carbocycles. The van der Waals surface area contributed by atoms with E-state index in [-0.39, 0.29) is 24.2 Å². The molecular formula is C12H14N2O3. The minimum absolute atomic E-state index is 0.113. The number of hydrogen-bond acceptors (Lipinski definition) is 4. The number of carbonyl (C=O) groups is 2. The Morgan fingerprint density at radius 3 is 2.88 bits per heavy atom. The summed E-state index contributed by atoms with van der Waals surface area (Å²) in [5.41, 5.74) is 7.42. The molecule has 0 aliphatic carbocycles. The fraction of sp³-hybridized carbons (Fsp3) is 0.333. The maximum atomic E-state index is 11.6. The molecule has 1 heterocycles. The fourth-order valence-electron chi connectivity index (χ4n) is 2.03. The van der Waals surface area contributed by atoms with Crippen molar-refractivity contribution in [2.45, 2.75) is 18.4 Å². The number of rotatable bonds is 2. The number of hydrogen-bond donors (Lipinski definition) is 2. The number of fused-ring (bicyclic) bond motifs is 1. The monoisotopic (exact) mass is 234 g/mol. The number of nitrogens with one attached hydrogen (secondary N) is 1. The van der Waals surface area contributed by atoms with Crippen LogP contribution < -0.4 is 11.1 Å². The van der Waals surface area contributed by atoms with Gasteiger partial charge in [0.1, 0.15) is 0 Å². The maximum Gasteiger partial charge on any atom is 0.306 e. The molecule has 0 fully saturated rings. The van der Waals surface area contributed by atoms with E-state index in [1.807, 2.05) is 18.2 Å². The molecule has 0 spiro atoms. The van der Waals surface area contributed by atoms with E-state index in [1.54, 1.807) is 6.07 Å². The standard InChI is InChI=1S/C12H14N2O3/c1-17-10(15)6-8-7-4-2-3-5-9(7)14-12(16)11(8)13/h2-5,8,11H,6,13H2,1H3,(H,14,16)/t8-,11+/m1/s1. The third-order valence-electron chi connectivity index (χ3n) is 2.97. The van der Waals surface area contributed by atoms with Gasteiger partial charge in [-0.1, -0.05) is 18.2 Å². The average molecular weight is 234 g/mol. The zero-order valence-electron chi connectivity index (χ0n) is 9.47. The Morgan fingerprint density at radius 2 is 2.18 bits per heavy atom. The van der Waals surface area contributed by atoms with E-state index in [1.165, 1.54) is 7.11 Å². The number of benzene rings is 1. The Bertz CT molecular complexity index is 459. The lowest BCUT2D eigenvalue weighted by Crippen LogP contribution is -2.45. The first-order valence-corrected chi connectivity index (χ1v) is 5.35. The Morgan fingerprint density at radius 1 is 1.47 bits per heavy atom. The van der Waals surface area contributed by atoms with Gasteiger partial charge in [-0.3, -0.25) is 9.59 Å². The molecule has 90 valence electrons. The van der Waals surface area contributed by atoms with Gasteiger partial charge in [-0.15, -0.1) is 0 Å². The van der Waals surface area contributed by atoms with Crippen molar-refractivity contribution in [3.63, 3.8) is 0 Å². The van der Waals surface area contributed by atoms with E-state index in [0.717, 1.165) is 5.56 Å². The first kappa shape index (κ1) is 11.6. The zero-order chi connectivity index (χ0) is 12.4. The van der Waals surface area contributed by atoms with Crippen molar-refractivity contribution in [2.24, 2.45) is 5.73 Å². The molecule has 1 aromatic carbocycles. The number of ether oxygens (including phenoxy) is 1. The normalized spacial score (nSPS) is 22.6. The topological polar surface area (TPSA) is 81.4 Å². The first-order valence-electron chi connectivity index (χ1n) is 5.35. The number of esters is 1. The van der Waals surface area contributed by atoms with E-state index in [4.69, 9.17) is 5.73 Å². The summed E-state index contributed by atoms with van der Waals surface area (Å²) in [7, 11) is 1.32. The highest BCUT2D eigenvalue weighted by Gasteiger charge is 2.34. The lowest BCUT2D eigenvalue weighted by atomic mass is 9.84. The van der Waals surface area contributed by atoms with E-state index in [0.29, 0.717) is 5.69 Å². The third-order valence-corrected chi connectivity index (χ3v) is 2.97. The van der Waals surface area contributed by atoms with Gasteiger partial charge in [0.2, 0.25) is 5.91 Å². The van der Waals surface area contributed by atoms with Crippen LogP contribution in [0.2, 0.25) is 0 Å². The van der Waals surface area contributed by atoms with Crippen LogP contribution in [0.1, 0.15) is 17.9 Å². The third kappa shape index (κ3) is 2.14. The van der Waals surface area contributed by atoms with Gasteiger partial charge in [0, 0.05) is 11.6 Å². The molecular weight excluding hydrogens is 220 g/mol. The van der Waals surface area contributed by atoms with Crippen LogP contribution in [-0.2, 0) is 14.3 Å². The second kappa shape index (κ2) is 4.55. The van der Waals surface area contributed by atoms with Gasteiger partial charge >= 0.3 is 5.97 Å². The summed E-state index contributed by atoms with van der Waals surface area (Å²) >= 11 is 0. The van der Waals surface area contributed by atoms with Crippen LogP contribution in [0, 0.1) is 0 Å². The Balaban J connectivity index is 2.35. The Labute approximate surface area is 98.9 Å². The zero-order valence-corrected chi connectivity index (χ0v) is 9.47. The predicted octanol–water partition coefficient (Wildman–Crippen LogP) is 0.613. The van der Waals surface area contributed by atoms with Crippen LogP contribution in [0.4, 0.5) is 5.69 Å². The van der Waals surface area contributed by atoms with Crippen molar-refractivity contribution in [2.75, 3.05) is 12.4 Å². The van der Waals surface area contributed by atoms with Crippen molar-refractivity contribution >= 4 is 17.6 Å². The van der Waals surface area contributed by atoms with Gasteiger partial charge in [-0.05, 0) is 11.6 Å². The van der Waals surface area contributed by atoms with E-state index in [2.05, 4.69) is 10.1 Å². The van der Waals surface area contributed by atoms with Gasteiger partial charge in [0.05, 0.1) is 19.6 Å². The number of nitrogens with two attached hydrogens (primary N) is 1. The lowest BCUT2D eigenvalue weighted by molar-refractivity contribution is -0.141. The van der Waals surface area contributed by atoms with Gasteiger partial charge in [-0.25, -0.2) is 0 Å². The van der Waals surface area contributed by atoms with Gasteiger partial charge in [0.25, 0.3) is 0 Å². The van der Waals surface area contributed by atoms with Gasteiger partial charge < -0.3 is 15.8 Å². The van der Waals surface area contributed by atoms with Crippen LogP contribution in [0.15, 0.2) is 24.3 Å². The van der Waals surface area contributed by atoms with Crippen LogP contribution in [0.5, 0.6) is 0 Å². The second-order valence-corrected chi connectivity index (χ2v) is 3.99. The molecule has 0 bridgehead atoms. The molecule has 1 amide bonds. The highest BCUT2D eigenvalue weighted by Crippen LogP contribution is 2.33. The lowest BCUT2D eigenvalue weighted by Gasteiger charge is -2.29. The number of para-hydroxylation sites is 1. The molecule has 3 N–H and O–H groups in total. The molecule has 5 nitrogen and oxygen atoms in total. The minimum Gasteiger partial charge on any atom is -0.469 e. The molecule has 0 radical (unpaired) electrons. The summed E-state index contributed by atoms with van der Waals surface area (Å²) in [6.45, 7) is 0. The summed E-state index contributed by atoms with van der Waals surface area (Å²) in [5.74, 6) is -0.958. The minimum atomic E-state index is -0.719. The Kier molecular flexibility index (Phi) is 3.10. The smallest absolute Gasteiger partial charge is 0.306 e. The van der Waals surface area contributed by atoms with E-state index in [9.17, 15) is 9.59 Å². The van der Waals surface area contributed by atoms with Crippen molar-refractivity contribution in [1.82, 2.24) is 0 Å². The fourth-order valence-corrected chi connectivity index (χ4v) is 2.03. The number of anilines is 1. The highest BCUT2D eigenvalue weighted by molar-refractivity contribution is 5.99. The number of carbonyl (C=O) groups excluding carboxylic acids is 2. The summed E-state index contributed by atoms with van der Waals surface area (Å²) in [6, 6.07) is 6.62. The average Bonchev–Trinajstić information content (AvgIpc) is 2.34. The van der Waals surface area contributed by atoms with Gasteiger partial charge in [-0.2, -0.15) is 0 Å². The maximum absolute atomic E-state index is 11.6. The predicted molar refractivity (Wildman–Crippen MR) is 62.4 cm³/mol. The van der Waals surface area contributed by atoms with Crippen molar-refractivity contribution < 1.29 is 14.3 Å². The van der Waals surface area contributed by atoms with E-state index < -0.39 is 6.04 Å². The summed E-state index contributed by atoms with van der Waals surface area (Å²) in [5, 5.41) is 2.71.